The van der Waals surface area contributed by atoms with Gasteiger partial charge in [-0.05, 0) is 148 Å². The minimum atomic E-state index is 0.208. The molecule has 1 heterocycles. The van der Waals surface area contributed by atoms with Crippen molar-refractivity contribution in [1.29, 1.82) is 0 Å². The highest BCUT2D eigenvalue weighted by atomic mass is 15.1. The molecule has 0 aliphatic heterocycles. The van der Waals surface area contributed by atoms with E-state index < -0.39 is 0 Å². The van der Waals surface area contributed by atoms with Gasteiger partial charge in [0.05, 0.1) is 5.52 Å². The van der Waals surface area contributed by atoms with Gasteiger partial charge in [0.25, 0.3) is 0 Å². The summed E-state index contributed by atoms with van der Waals surface area (Å²) < 4.78 is 2.46. The first-order valence-electron chi connectivity index (χ1n) is 23.7. The summed E-state index contributed by atoms with van der Waals surface area (Å²) in [5.74, 6) is 1.84. The molecule has 65 heavy (non-hydrogen) atoms. The van der Waals surface area contributed by atoms with Crippen molar-refractivity contribution in [3.63, 3.8) is 0 Å². The van der Waals surface area contributed by atoms with Gasteiger partial charge >= 0.3 is 0 Å². The summed E-state index contributed by atoms with van der Waals surface area (Å²) in [5.41, 5.74) is 17.8. The molecule has 2 nitrogen and oxygen atoms in total. The van der Waals surface area contributed by atoms with Crippen LogP contribution in [0.25, 0.3) is 44.9 Å². The van der Waals surface area contributed by atoms with E-state index in [0.29, 0.717) is 17.8 Å². The van der Waals surface area contributed by atoms with Gasteiger partial charge in [0, 0.05) is 45.7 Å². The second-order valence-electron chi connectivity index (χ2n) is 19.7. The summed E-state index contributed by atoms with van der Waals surface area (Å²) in [4.78, 5) is 2.39. The number of hydrogen-bond acceptors (Lipinski definition) is 1. The van der Waals surface area contributed by atoms with E-state index in [1.165, 1.54) is 73.2 Å². The fourth-order valence-electron chi connectivity index (χ4n) is 10.3. The summed E-state index contributed by atoms with van der Waals surface area (Å²) in [5, 5.41) is 1.33. The Morgan fingerprint density at radius 2 is 1.12 bits per heavy atom. The molecular weight excluding hydrogens is 785 g/mol. The number of hydrogen-bond donors (Lipinski definition) is 0. The first-order chi connectivity index (χ1) is 31.7. The molecule has 0 saturated carbocycles. The molecule has 2 aliphatic rings. The maximum Gasteiger partial charge on any atom is 0.0538 e. The molecule has 1 aromatic heterocycles. The quantitative estimate of drug-likeness (QED) is 0.126. The number of benzene rings is 7. The number of rotatable bonds is 11. The fourth-order valence-corrected chi connectivity index (χ4v) is 10.3. The smallest absolute Gasteiger partial charge is 0.0538 e. The zero-order valence-corrected chi connectivity index (χ0v) is 38.5. The maximum absolute atomic E-state index is 2.46. The van der Waals surface area contributed by atoms with Crippen LogP contribution in [-0.2, 0) is 6.42 Å². The Morgan fingerprint density at radius 1 is 0.569 bits per heavy atom. The van der Waals surface area contributed by atoms with Gasteiger partial charge in [0.1, 0.15) is 0 Å². The fraction of sp³-hybridized carbons (Fsp3) is 0.206. The minimum Gasteiger partial charge on any atom is -0.311 e. The molecule has 0 radical (unpaired) electrons. The molecule has 0 amide bonds. The molecule has 0 spiro atoms. The minimum absolute atomic E-state index is 0.208. The van der Waals surface area contributed by atoms with Crippen LogP contribution in [0.5, 0.6) is 0 Å². The van der Waals surface area contributed by atoms with Crippen LogP contribution in [0.1, 0.15) is 93.2 Å². The molecule has 322 valence electrons. The first-order valence-corrected chi connectivity index (χ1v) is 23.7. The van der Waals surface area contributed by atoms with Crippen LogP contribution in [0, 0.1) is 11.3 Å². The number of anilines is 3. The van der Waals surface area contributed by atoms with Crippen molar-refractivity contribution in [1.82, 2.24) is 4.57 Å². The molecule has 3 unspecified atom stereocenters. The molecule has 7 aromatic carbocycles. The van der Waals surface area contributed by atoms with Crippen molar-refractivity contribution in [2.24, 2.45) is 11.3 Å². The lowest BCUT2D eigenvalue weighted by Crippen LogP contribution is -2.20. The molecule has 2 aliphatic carbocycles. The van der Waals surface area contributed by atoms with E-state index in [0.717, 1.165) is 29.9 Å². The number of aromatic nitrogens is 1. The maximum atomic E-state index is 2.46. The van der Waals surface area contributed by atoms with E-state index in [4.69, 9.17) is 0 Å². The molecule has 0 N–H and O–H groups in total. The lowest BCUT2D eigenvalue weighted by molar-refractivity contribution is 0.280. The molecular formula is C63H60N2. The number of nitrogens with zero attached hydrogens (tertiary/aromatic N) is 2. The molecule has 0 saturated heterocycles. The Labute approximate surface area is 386 Å². The highest BCUT2D eigenvalue weighted by Crippen LogP contribution is 2.44. The summed E-state index contributed by atoms with van der Waals surface area (Å²) in [6, 6.07) is 65.5. The van der Waals surface area contributed by atoms with Gasteiger partial charge in [0.15, 0.2) is 0 Å². The highest BCUT2D eigenvalue weighted by molar-refractivity contribution is 5.94. The summed E-state index contributed by atoms with van der Waals surface area (Å²) in [6.45, 7) is 11.8. The third-order valence-corrected chi connectivity index (χ3v) is 13.8. The molecule has 0 bridgehead atoms. The summed E-state index contributed by atoms with van der Waals surface area (Å²) in [7, 11) is 0. The van der Waals surface area contributed by atoms with E-state index in [9.17, 15) is 0 Å². The van der Waals surface area contributed by atoms with Crippen LogP contribution in [0.3, 0.4) is 0 Å². The first kappa shape index (κ1) is 42.1. The van der Waals surface area contributed by atoms with E-state index in [2.05, 4.69) is 256 Å². The van der Waals surface area contributed by atoms with Crippen molar-refractivity contribution in [2.45, 2.75) is 71.6 Å². The second-order valence-corrected chi connectivity index (χ2v) is 19.7. The molecule has 8 aromatic rings. The van der Waals surface area contributed by atoms with Crippen LogP contribution in [-0.4, -0.2) is 4.57 Å². The van der Waals surface area contributed by atoms with E-state index >= 15 is 0 Å². The Balaban J connectivity index is 0.979. The lowest BCUT2D eigenvalue weighted by atomic mass is 9.72. The van der Waals surface area contributed by atoms with E-state index in [-0.39, 0.29) is 11.3 Å². The number of para-hydroxylation sites is 1. The van der Waals surface area contributed by atoms with Crippen LogP contribution in [0.2, 0.25) is 0 Å². The van der Waals surface area contributed by atoms with Gasteiger partial charge in [-0.3, -0.25) is 0 Å². The van der Waals surface area contributed by atoms with Crippen LogP contribution < -0.4 is 4.90 Å². The van der Waals surface area contributed by atoms with Crippen molar-refractivity contribution < 1.29 is 0 Å². The summed E-state index contributed by atoms with van der Waals surface area (Å²) >= 11 is 0. The van der Waals surface area contributed by atoms with Gasteiger partial charge in [-0.1, -0.05) is 180 Å². The third-order valence-electron chi connectivity index (χ3n) is 13.8. The molecule has 0 fully saturated rings. The molecule has 3 atom stereocenters. The van der Waals surface area contributed by atoms with E-state index in [1.54, 1.807) is 0 Å². The molecule has 10 rings (SSSR count). The highest BCUT2D eigenvalue weighted by Gasteiger charge is 2.28. The number of allylic oxidation sites excluding steroid dienone is 5. The predicted octanol–water partition coefficient (Wildman–Crippen LogP) is 17.6. The largest absolute Gasteiger partial charge is 0.311 e. The van der Waals surface area contributed by atoms with Crippen LogP contribution in [0.4, 0.5) is 17.1 Å². The number of fused-ring (bicyclic) bond motifs is 3. The van der Waals surface area contributed by atoms with E-state index in [1.807, 2.05) is 0 Å². The molecule has 2 heteroatoms. The Hall–Kier alpha value is -6.90. The lowest BCUT2D eigenvalue weighted by Gasteiger charge is -2.32. The standard InChI is InChI=1S/C63H60N2/c1-44(2)41-60(63(3,4)5)51-23-21-49(22-24-51)52-31-39-61-58(42-52)59-43-53(32-40-62(59)65(61)54-19-13-8-14-20-54)50-29-37-57(38-30-50)64(55-33-25-47(26-34-55)45-15-9-6-10-16-45)56-35-27-48(28-36-56)46-17-11-7-12-18-46/h6-17,19-40,42,44,46,53,60H,18,41,43H2,1-5H3. The van der Waals surface area contributed by atoms with Crippen LogP contribution >= 0.6 is 0 Å². The third kappa shape index (κ3) is 8.71. The monoisotopic (exact) mass is 844 g/mol. The van der Waals surface area contributed by atoms with Crippen molar-refractivity contribution in [2.75, 3.05) is 4.90 Å². The second kappa shape index (κ2) is 17.9. The zero-order valence-electron chi connectivity index (χ0n) is 38.5. The van der Waals surface area contributed by atoms with Gasteiger partial charge in [-0.2, -0.15) is 0 Å². The topological polar surface area (TPSA) is 8.17 Å². The van der Waals surface area contributed by atoms with Gasteiger partial charge in [-0.25, -0.2) is 0 Å². The van der Waals surface area contributed by atoms with Gasteiger partial charge in [-0.15, -0.1) is 0 Å². The Bertz CT molecular complexity index is 2980. The van der Waals surface area contributed by atoms with Gasteiger partial charge < -0.3 is 9.47 Å². The Morgan fingerprint density at radius 3 is 1.72 bits per heavy atom. The predicted molar refractivity (Wildman–Crippen MR) is 278 cm³/mol. The van der Waals surface area contributed by atoms with Gasteiger partial charge in [0.2, 0.25) is 0 Å². The Kier molecular flexibility index (Phi) is 11.6. The summed E-state index contributed by atoms with van der Waals surface area (Å²) in [6.07, 6.45) is 16.8. The zero-order chi connectivity index (χ0) is 44.5. The average molecular weight is 845 g/mol. The van der Waals surface area contributed by atoms with Crippen LogP contribution in [0.15, 0.2) is 206 Å². The SMILES string of the molecule is CC(C)CC(c1ccc(-c2ccc3c(c2)c2c(n3-c3ccccc3)C=CC(c3ccc(N(c4ccc(-c5ccccc5)cc4)c4ccc(C5C=CC=CC5)cc4)cc3)C2)cc1)C(C)(C)C. The van der Waals surface area contributed by atoms with Crippen molar-refractivity contribution in [3.8, 4) is 27.9 Å². The van der Waals surface area contributed by atoms with Crippen molar-refractivity contribution >= 4 is 34.0 Å². The average Bonchev–Trinajstić information content (AvgIpc) is 3.67. The van der Waals surface area contributed by atoms with Crippen molar-refractivity contribution in [3.05, 3.63) is 234 Å². The normalized spacial score (nSPS) is 16.2.